The van der Waals surface area contributed by atoms with Crippen LogP contribution in [-0.2, 0) is 13.0 Å². The number of hydrogen-bond donors (Lipinski definition) is 2. The van der Waals surface area contributed by atoms with Crippen LogP contribution in [0.1, 0.15) is 34.0 Å². The van der Waals surface area contributed by atoms with Gasteiger partial charge in [0.1, 0.15) is 11.5 Å². The molecule has 0 heterocycles. The molecule has 4 aromatic carbocycles. The molecule has 168 valence electrons. The van der Waals surface area contributed by atoms with Crippen LogP contribution in [0.25, 0.3) is 22.3 Å². The van der Waals surface area contributed by atoms with E-state index in [9.17, 15) is 15.2 Å². The monoisotopic (exact) mass is 448 g/mol. The molecule has 0 aliphatic rings. The lowest BCUT2D eigenvalue weighted by Crippen LogP contribution is -2.01. The third-order valence-electron chi connectivity index (χ3n) is 5.64. The van der Waals surface area contributed by atoms with E-state index in [1.54, 1.807) is 24.3 Å². The van der Waals surface area contributed by atoms with Gasteiger partial charge < -0.3 is 15.6 Å². The fourth-order valence-corrected chi connectivity index (χ4v) is 3.87. The van der Waals surface area contributed by atoms with E-state index in [1.165, 1.54) is 0 Å². The van der Waals surface area contributed by atoms with Gasteiger partial charge in [0.2, 0.25) is 0 Å². The number of carbonyl (C=O) groups is 1. The number of carboxylic acids is 1. The largest absolute Gasteiger partial charge is 0.478 e. The van der Waals surface area contributed by atoms with Crippen molar-refractivity contribution < 1.29 is 14.6 Å². The van der Waals surface area contributed by atoms with Gasteiger partial charge in [-0.2, -0.15) is 5.26 Å². The van der Waals surface area contributed by atoms with Gasteiger partial charge in [0, 0.05) is 6.54 Å². The van der Waals surface area contributed by atoms with Crippen molar-refractivity contribution in [2.24, 2.45) is 5.73 Å². The zero-order chi connectivity index (χ0) is 24.1. The number of nitriles is 1. The van der Waals surface area contributed by atoms with Crippen molar-refractivity contribution in [3.8, 4) is 39.8 Å². The molecule has 0 bridgehead atoms. The number of aromatic carboxylic acids is 1. The molecule has 0 unspecified atom stereocenters. The van der Waals surface area contributed by atoms with Crippen molar-refractivity contribution in [3.63, 3.8) is 0 Å². The number of aryl methyl sites for hydroxylation is 1. The zero-order valence-corrected chi connectivity index (χ0v) is 18.8. The number of nitrogens with zero attached hydrogens (tertiary/aromatic N) is 1. The minimum absolute atomic E-state index is 0.255. The summed E-state index contributed by atoms with van der Waals surface area (Å²) in [4.78, 5) is 11.9. The molecule has 0 aromatic heterocycles. The highest BCUT2D eigenvalue weighted by atomic mass is 16.5. The van der Waals surface area contributed by atoms with E-state index in [0.717, 1.165) is 34.2 Å². The van der Waals surface area contributed by atoms with Gasteiger partial charge >= 0.3 is 5.97 Å². The summed E-state index contributed by atoms with van der Waals surface area (Å²) in [5.74, 6) is 0.0944. The van der Waals surface area contributed by atoms with Gasteiger partial charge in [-0.1, -0.05) is 49.4 Å². The zero-order valence-electron chi connectivity index (χ0n) is 18.8. The first-order chi connectivity index (χ1) is 16.5. The van der Waals surface area contributed by atoms with Crippen molar-refractivity contribution in [2.45, 2.75) is 19.9 Å². The number of ether oxygens (including phenoxy) is 1. The summed E-state index contributed by atoms with van der Waals surface area (Å²) in [6, 6.07) is 28.2. The molecular weight excluding hydrogens is 424 g/mol. The number of hydrogen-bond acceptors (Lipinski definition) is 4. The second-order valence-electron chi connectivity index (χ2n) is 7.93. The van der Waals surface area contributed by atoms with Crippen LogP contribution < -0.4 is 10.5 Å². The van der Waals surface area contributed by atoms with Crippen molar-refractivity contribution in [3.05, 3.63) is 107 Å². The number of rotatable bonds is 7. The normalized spacial score (nSPS) is 10.5. The summed E-state index contributed by atoms with van der Waals surface area (Å²) >= 11 is 0. The molecule has 34 heavy (non-hydrogen) atoms. The Morgan fingerprint density at radius 1 is 0.882 bits per heavy atom. The number of carboxylic acid groups (broad SMARTS) is 1. The first kappa shape index (κ1) is 22.8. The van der Waals surface area contributed by atoms with Crippen LogP contribution in [0.4, 0.5) is 0 Å². The van der Waals surface area contributed by atoms with Gasteiger partial charge in [0.25, 0.3) is 0 Å². The topological polar surface area (TPSA) is 96.3 Å². The molecule has 0 aliphatic heterocycles. The van der Waals surface area contributed by atoms with Crippen LogP contribution in [-0.4, -0.2) is 11.1 Å². The third kappa shape index (κ3) is 4.98. The van der Waals surface area contributed by atoms with Gasteiger partial charge in [-0.05, 0) is 82.3 Å². The molecular formula is C29H24N2O3. The molecule has 0 amide bonds. The molecule has 0 radical (unpaired) electrons. The maximum atomic E-state index is 11.9. The lowest BCUT2D eigenvalue weighted by molar-refractivity contribution is 0.0697. The van der Waals surface area contributed by atoms with E-state index in [0.29, 0.717) is 29.2 Å². The van der Waals surface area contributed by atoms with E-state index >= 15 is 0 Å². The molecule has 0 saturated carbocycles. The second kappa shape index (κ2) is 10.0. The number of benzene rings is 4. The Hall–Kier alpha value is -4.40. The maximum absolute atomic E-state index is 11.9. The molecule has 4 aromatic rings. The van der Waals surface area contributed by atoms with Crippen LogP contribution in [0.3, 0.4) is 0 Å². The van der Waals surface area contributed by atoms with Crippen molar-refractivity contribution in [1.82, 2.24) is 0 Å². The van der Waals surface area contributed by atoms with E-state index in [4.69, 9.17) is 10.5 Å². The van der Waals surface area contributed by atoms with Crippen LogP contribution in [0, 0.1) is 11.3 Å². The fraction of sp³-hybridized carbons (Fsp3) is 0.103. The van der Waals surface area contributed by atoms with E-state index in [-0.39, 0.29) is 5.56 Å². The van der Waals surface area contributed by atoms with Crippen LogP contribution >= 0.6 is 0 Å². The summed E-state index contributed by atoms with van der Waals surface area (Å²) in [7, 11) is 0. The van der Waals surface area contributed by atoms with Crippen molar-refractivity contribution in [2.75, 3.05) is 0 Å². The van der Waals surface area contributed by atoms with Crippen LogP contribution in [0.15, 0.2) is 84.9 Å². The Balaban J connectivity index is 1.70. The Bertz CT molecular complexity index is 1400. The first-order valence-electron chi connectivity index (χ1n) is 11.0. The highest BCUT2D eigenvalue weighted by Gasteiger charge is 2.14. The van der Waals surface area contributed by atoms with Crippen LogP contribution in [0.2, 0.25) is 0 Å². The van der Waals surface area contributed by atoms with E-state index in [1.807, 2.05) is 67.6 Å². The van der Waals surface area contributed by atoms with Gasteiger partial charge in [-0.25, -0.2) is 4.79 Å². The predicted molar refractivity (Wildman–Crippen MR) is 133 cm³/mol. The Labute approximate surface area is 198 Å². The van der Waals surface area contributed by atoms with Gasteiger partial charge in [0.05, 0.1) is 17.2 Å². The van der Waals surface area contributed by atoms with E-state index < -0.39 is 5.97 Å². The molecule has 5 nitrogen and oxygen atoms in total. The average Bonchev–Trinajstić information content (AvgIpc) is 2.88. The predicted octanol–water partition coefficient (Wildman–Crippen LogP) is 6.40. The molecule has 0 saturated heterocycles. The fourth-order valence-electron chi connectivity index (χ4n) is 3.87. The molecule has 5 heteroatoms. The minimum atomic E-state index is -0.970. The third-order valence-corrected chi connectivity index (χ3v) is 5.64. The molecule has 0 fully saturated rings. The Morgan fingerprint density at radius 3 is 2.38 bits per heavy atom. The quantitative estimate of drug-likeness (QED) is 0.341. The SMILES string of the molecule is CCc1ccc(-c2cccc(Oc3cc(C#N)cc(-c4cccc(CN)c4)c3)c2)c(C(=O)O)c1. The number of nitrogens with two attached hydrogens (primary N) is 1. The lowest BCUT2D eigenvalue weighted by Gasteiger charge is -2.12. The first-order valence-corrected chi connectivity index (χ1v) is 11.0. The molecule has 4 rings (SSSR count). The van der Waals surface area contributed by atoms with Gasteiger partial charge in [-0.3, -0.25) is 0 Å². The Kier molecular flexibility index (Phi) is 6.72. The van der Waals surface area contributed by atoms with Gasteiger partial charge in [-0.15, -0.1) is 0 Å². The molecule has 0 atom stereocenters. The minimum Gasteiger partial charge on any atom is -0.478 e. The summed E-state index contributed by atoms with van der Waals surface area (Å²) in [6.45, 7) is 2.42. The highest BCUT2D eigenvalue weighted by Crippen LogP contribution is 2.33. The molecule has 3 N–H and O–H groups in total. The summed E-state index contributed by atoms with van der Waals surface area (Å²) < 4.78 is 6.12. The average molecular weight is 449 g/mol. The standard InChI is InChI=1S/C29H24N2O3/c1-2-19-9-10-27(28(14-19)29(32)33)23-7-4-8-25(15-23)34-26-13-21(18-31)12-24(16-26)22-6-3-5-20(11-22)17-30/h3-16H,2,17,30H2,1H3,(H,32,33). The maximum Gasteiger partial charge on any atom is 0.336 e. The smallest absolute Gasteiger partial charge is 0.336 e. The highest BCUT2D eigenvalue weighted by molar-refractivity contribution is 5.96. The van der Waals surface area contributed by atoms with Gasteiger partial charge in [0.15, 0.2) is 0 Å². The summed E-state index contributed by atoms with van der Waals surface area (Å²) in [5, 5.41) is 19.3. The summed E-state index contributed by atoms with van der Waals surface area (Å²) in [5.41, 5.74) is 11.6. The summed E-state index contributed by atoms with van der Waals surface area (Å²) in [6.07, 6.45) is 0.759. The van der Waals surface area contributed by atoms with Crippen molar-refractivity contribution in [1.29, 1.82) is 5.26 Å². The molecule has 0 spiro atoms. The van der Waals surface area contributed by atoms with Crippen molar-refractivity contribution >= 4 is 5.97 Å². The lowest BCUT2D eigenvalue weighted by atomic mass is 9.96. The van der Waals surface area contributed by atoms with Crippen LogP contribution in [0.5, 0.6) is 11.5 Å². The Morgan fingerprint density at radius 2 is 1.65 bits per heavy atom. The molecule has 0 aliphatic carbocycles. The van der Waals surface area contributed by atoms with E-state index in [2.05, 4.69) is 6.07 Å². The second-order valence-corrected chi connectivity index (χ2v) is 7.93.